The quantitative estimate of drug-likeness (QED) is 0.553. The number of aromatic nitrogens is 1. The predicted octanol–water partition coefficient (Wildman–Crippen LogP) is 4.93. The van der Waals surface area contributed by atoms with Crippen LogP contribution < -0.4 is 5.32 Å². The molecule has 0 radical (unpaired) electrons. The van der Waals surface area contributed by atoms with Crippen LogP contribution in [0, 0.1) is 0 Å². The second-order valence-corrected chi connectivity index (χ2v) is 8.87. The third kappa shape index (κ3) is 5.51. The number of ether oxygens (including phenoxy) is 1. The van der Waals surface area contributed by atoms with Crippen LogP contribution in [0.4, 0.5) is 0 Å². The summed E-state index contributed by atoms with van der Waals surface area (Å²) in [6, 6.07) is 3.95. The summed E-state index contributed by atoms with van der Waals surface area (Å²) in [5, 5.41) is 18.1. The molecule has 1 fully saturated rings. The fourth-order valence-corrected chi connectivity index (χ4v) is 5.23. The van der Waals surface area contributed by atoms with E-state index in [0.717, 1.165) is 46.6 Å². The van der Waals surface area contributed by atoms with E-state index in [4.69, 9.17) is 14.4 Å². The van der Waals surface area contributed by atoms with Gasteiger partial charge in [-0.05, 0) is 47.9 Å². The highest BCUT2D eigenvalue weighted by Crippen LogP contribution is 2.36. The molecule has 0 amide bonds. The summed E-state index contributed by atoms with van der Waals surface area (Å²) < 4.78 is 12.8. The van der Waals surface area contributed by atoms with Crippen molar-refractivity contribution in [3.63, 3.8) is 0 Å². The molecule has 3 aromatic heterocycles. The largest absolute Gasteiger partial charge is 0.391 e. The van der Waals surface area contributed by atoms with E-state index < -0.39 is 0 Å². The third-order valence-corrected chi connectivity index (χ3v) is 6.81. The molecule has 4 heterocycles. The molecule has 3 aromatic rings. The van der Waals surface area contributed by atoms with Gasteiger partial charge in [0.15, 0.2) is 5.58 Å². The van der Waals surface area contributed by atoms with Crippen molar-refractivity contribution in [3.8, 4) is 0 Å². The molecule has 0 unspecified atom stereocenters. The van der Waals surface area contributed by atoms with Crippen LogP contribution in [0.5, 0.6) is 0 Å². The summed E-state index contributed by atoms with van der Waals surface area (Å²) in [6.45, 7) is 2.96. The molecule has 0 atom stereocenters. The number of fused-ring (bicyclic) bond motifs is 1. The molecule has 4 rings (SSSR count). The Morgan fingerprint density at radius 3 is 2.69 bits per heavy atom. The number of hydrogen-bond acceptors (Lipinski definition) is 7. The van der Waals surface area contributed by atoms with E-state index in [-0.39, 0.29) is 19.0 Å². The maximum atomic E-state index is 8.54. The van der Waals surface area contributed by atoms with Gasteiger partial charge in [-0.2, -0.15) is 0 Å². The minimum Gasteiger partial charge on any atom is -0.391 e. The van der Waals surface area contributed by atoms with Crippen molar-refractivity contribution in [3.05, 3.63) is 37.4 Å². The zero-order valence-electron chi connectivity index (χ0n) is 14.4. The standard InChI is InChI=1S/C12H16N2O2S.C5H5BrOS.ClH/c1-15-7-9-6-10-12(17-9)11(14-16-10)8-2-4-13-5-3-8;6-4-1-5(2-7)8-3-4;/h6,8,13H,2-5,7H2,1H3;1,3,7H,2H2;1H. The van der Waals surface area contributed by atoms with Crippen molar-refractivity contribution >= 4 is 61.3 Å². The van der Waals surface area contributed by atoms with Crippen molar-refractivity contribution < 1.29 is 14.4 Å². The molecular formula is C17H22BrClN2O3S2. The van der Waals surface area contributed by atoms with Gasteiger partial charge in [0.2, 0.25) is 0 Å². The van der Waals surface area contributed by atoms with Crippen molar-refractivity contribution in [2.75, 3.05) is 20.2 Å². The molecule has 0 spiro atoms. The Labute approximate surface area is 175 Å². The molecule has 0 aromatic carbocycles. The van der Waals surface area contributed by atoms with Crippen molar-refractivity contribution in [1.29, 1.82) is 0 Å². The number of thiophene rings is 2. The molecule has 0 aliphatic carbocycles. The number of rotatable bonds is 4. The molecule has 0 bridgehead atoms. The first-order valence-electron chi connectivity index (χ1n) is 8.12. The average molecular weight is 482 g/mol. The highest BCUT2D eigenvalue weighted by Gasteiger charge is 2.23. The van der Waals surface area contributed by atoms with Crippen LogP contribution in [0.25, 0.3) is 10.3 Å². The van der Waals surface area contributed by atoms with Gasteiger partial charge in [0.05, 0.1) is 17.9 Å². The van der Waals surface area contributed by atoms with Gasteiger partial charge in [-0.25, -0.2) is 0 Å². The predicted molar refractivity (Wildman–Crippen MR) is 113 cm³/mol. The Morgan fingerprint density at radius 1 is 1.35 bits per heavy atom. The van der Waals surface area contributed by atoms with Gasteiger partial charge in [-0.1, -0.05) is 5.16 Å². The Morgan fingerprint density at radius 2 is 2.12 bits per heavy atom. The molecular weight excluding hydrogens is 460 g/mol. The molecule has 2 N–H and O–H groups in total. The summed E-state index contributed by atoms with van der Waals surface area (Å²) in [5.74, 6) is 0.548. The van der Waals surface area contributed by atoms with Crippen molar-refractivity contribution in [2.24, 2.45) is 0 Å². The Kier molecular flexibility index (Phi) is 9.02. The summed E-state index contributed by atoms with van der Waals surface area (Å²) in [5.41, 5.74) is 2.06. The van der Waals surface area contributed by atoms with Crippen molar-refractivity contribution in [2.45, 2.75) is 32.0 Å². The van der Waals surface area contributed by atoms with Crippen molar-refractivity contribution in [1.82, 2.24) is 10.5 Å². The van der Waals surface area contributed by atoms with E-state index in [2.05, 4.69) is 26.4 Å². The van der Waals surface area contributed by atoms with Gasteiger partial charge in [-0.3, -0.25) is 0 Å². The number of nitrogens with zero attached hydrogens (tertiary/aromatic N) is 1. The van der Waals surface area contributed by atoms with E-state index in [9.17, 15) is 0 Å². The lowest BCUT2D eigenvalue weighted by Crippen LogP contribution is -2.26. The fourth-order valence-electron chi connectivity index (χ4n) is 2.81. The zero-order valence-corrected chi connectivity index (χ0v) is 18.4. The molecule has 1 saturated heterocycles. The van der Waals surface area contributed by atoms with Gasteiger partial charge in [-0.15, -0.1) is 35.1 Å². The number of hydrogen-bond donors (Lipinski definition) is 2. The van der Waals surface area contributed by atoms with Crippen LogP contribution in [0.15, 0.2) is 26.5 Å². The van der Waals surface area contributed by atoms with Crippen LogP contribution in [-0.2, 0) is 18.0 Å². The molecule has 144 valence electrons. The number of piperidine rings is 1. The van der Waals surface area contributed by atoms with Gasteiger partial charge in [0.1, 0.15) is 5.69 Å². The lowest BCUT2D eigenvalue weighted by molar-refractivity contribution is 0.187. The minimum absolute atomic E-state index is 0. The summed E-state index contributed by atoms with van der Waals surface area (Å²) in [6.07, 6.45) is 2.30. The lowest BCUT2D eigenvalue weighted by atomic mass is 9.95. The van der Waals surface area contributed by atoms with Crippen LogP contribution >= 0.6 is 51.0 Å². The topological polar surface area (TPSA) is 67.5 Å². The second-order valence-electron chi connectivity index (χ2n) is 5.82. The van der Waals surface area contributed by atoms with Gasteiger partial charge < -0.3 is 19.7 Å². The van der Waals surface area contributed by atoms with E-state index in [0.29, 0.717) is 12.5 Å². The smallest absolute Gasteiger partial charge is 0.178 e. The molecule has 5 nitrogen and oxygen atoms in total. The second kappa shape index (κ2) is 10.8. The summed E-state index contributed by atoms with van der Waals surface area (Å²) in [4.78, 5) is 2.20. The lowest BCUT2D eigenvalue weighted by Gasteiger charge is -2.20. The SMILES string of the molecule is COCc1cc2onc(C3CCNCC3)c2s1.Cl.OCc1cc(Br)cs1. The first-order chi connectivity index (χ1) is 12.2. The molecule has 1 aliphatic rings. The Balaban J connectivity index is 0.000000230. The van der Waals surface area contributed by atoms with E-state index >= 15 is 0 Å². The monoisotopic (exact) mass is 480 g/mol. The number of aliphatic hydroxyl groups excluding tert-OH is 1. The fraction of sp³-hybridized carbons (Fsp3) is 0.471. The molecule has 1 aliphatic heterocycles. The Hall–Kier alpha value is -0.480. The number of halogens is 2. The minimum atomic E-state index is 0. The van der Waals surface area contributed by atoms with E-state index in [1.807, 2.05) is 17.5 Å². The highest BCUT2D eigenvalue weighted by atomic mass is 79.9. The van der Waals surface area contributed by atoms with E-state index in [1.165, 1.54) is 9.58 Å². The third-order valence-electron chi connectivity index (χ3n) is 4.01. The van der Waals surface area contributed by atoms with Gasteiger partial charge in [0, 0.05) is 38.7 Å². The first-order valence-corrected chi connectivity index (χ1v) is 10.6. The Bertz CT molecular complexity index is 799. The van der Waals surface area contributed by atoms with Crippen LogP contribution in [0.1, 0.15) is 34.2 Å². The molecule has 26 heavy (non-hydrogen) atoms. The van der Waals surface area contributed by atoms with Gasteiger partial charge in [0.25, 0.3) is 0 Å². The van der Waals surface area contributed by atoms with Gasteiger partial charge >= 0.3 is 0 Å². The van der Waals surface area contributed by atoms with Crippen LogP contribution in [0.2, 0.25) is 0 Å². The van der Waals surface area contributed by atoms with E-state index in [1.54, 1.807) is 29.8 Å². The zero-order chi connectivity index (χ0) is 17.6. The first kappa shape index (κ1) is 21.8. The molecule has 9 heteroatoms. The highest BCUT2D eigenvalue weighted by molar-refractivity contribution is 9.10. The summed E-state index contributed by atoms with van der Waals surface area (Å²) in [7, 11) is 1.72. The maximum Gasteiger partial charge on any atom is 0.178 e. The molecule has 0 saturated carbocycles. The number of nitrogens with one attached hydrogen (secondary N) is 1. The van der Waals surface area contributed by atoms with Crippen LogP contribution in [0.3, 0.4) is 0 Å². The van der Waals surface area contributed by atoms with Crippen LogP contribution in [-0.4, -0.2) is 30.5 Å². The summed E-state index contributed by atoms with van der Waals surface area (Å²) >= 11 is 6.57. The maximum absolute atomic E-state index is 8.54. The normalized spacial score (nSPS) is 14.7. The number of methoxy groups -OCH3 is 1. The average Bonchev–Trinajstić information content (AvgIpc) is 3.32. The number of aliphatic hydroxyl groups is 1.